The fourth-order valence-corrected chi connectivity index (χ4v) is 1.54. The highest BCUT2D eigenvalue weighted by atomic mass is 32.2. The number of nitrogens with zero attached hydrogens (tertiary/aromatic N) is 2. The molecule has 88 valence electrons. The molecule has 1 rings (SSSR count). The Balaban J connectivity index is 2.65. The Morgan fingerprint density at radius 1 is 1.65 bits per heavy atom. The molecule has 0 amide bonds. The van der Waals surface area contributed by atoms with Gasteiger partial charge in [0.2, 0.25) is 0 Å². The van der Waals surface area contributed by atoms with E-state index in [-0.39, 0.29) is 10.9 Å². The normalized spacial score (nSPS) is 9.24. The van der Waals surface area contributed by atoms with E-state index in [1.807, 2.05) is 0 Å². The predicted octanol–water partition coefficient (Wildman–Crippen LogP) is 2.01. The molecule has 0 bridgehead atoms. The number of aromatic nitrogens is 1. The first-order valence-electron chi connectivity index (χ1n) is 4.83. The highest BCUT2D eigenvalue weighted by Gasteiger charge is 2.11. The zero-order chi connectivity index (χ0) is 12.7. The van der Waals surface area contributed by atoms with Gasteiger partial charge in [-0.15, -0.1) is 0 Å². The number of rotatable bonds is 3. The number of carbonyl (C=O) groups is 1. The molecule has 1 heterocycles. The first-order chi connectivity index (χ1) is 8.11. The van der Waals surface area contributed by atoms with Crippen LogP contribution < -0.4 is 0 Å². The third kappa shape index (κ3) is 4.66. The molecule has 1 aromatic heterocycles. The number of thioether (sulfide) groups is 1. The molecular formula is C11H10N2O3S. The molecule has 0 saturated carbocycles. The summed E-state index contributed by atoms with van der Waals surface area (Å²) in [5, 5.41) is 10.7. The second-order valence-electron chi connectivity index (χ2n) is 3.02. The van der Waals surface area contributed by atoms with E-state index < -0.39 is 4.92 Å². The summed E-state index contributed by atoms with van der Waals surface area (Å²) in [6, 6.07) is 3.15. The summed E-state index contributed by atoms with van der Waals surface area (Å²) in [7, 11) is 0. The Labute approximate surface area is 103 Å². The van der Waals surface area contributed by atoms with E-state index in [1.165, 1.54) is 24.9 Å². The lowest BCUT2D eigenvalue weighted by Crippen LogP contribution is -1.94. The molecule has 0 aromatic carbocycles. The van der Waals surface area contributed by atoms with E-state index >= 15 is 0 Å². The van der Waals surface area contributed by atoms with E-state index in [9.17, 15) is 14.9 Å². The van der Waals surface area contributed by atoms with Crippen molar-refractivity contribution in [2.75, 3.05) is 5.75 Å². The molecular weight excluding hydrogens is 240 g/mol. The molecule has 1 aromatic rings. The van der Waals surface area contributed by atoms with Crippen LogP contribution in [0.4, 0.5) is 5.82 Å². The summed E-state index contributed by atoms with van der Waals surface area (Å²) < 4.78 is 0. The summed E-state index contributed by atoms with van der Waals surface area (Å²) in [5.74, 6) is 5.83. The van der Waals surface area contributed by atoms with Crippen molar-refractivity contribution in [1.29, 1.82) is 0 Å². The first kappa shape index (κ1) is 13.2. The van der Waals surface area contributed by atoms with Crippen LogP contribution in [0.3, 0.4) is 0 Å². The van der Waals surface area contributed by atoms with Crippen molar-refractivity contribution in [3.8, 4) is 11.8 Å². The van der Waals surface area contributed by atoms with Gasteiger partial charge in [0.05, 0.1) is 0 Å². The number of carbonyl (C=O) groups excluding carboxylic acids is 1. The summed E-state index contributed by atoms with van der Waals surface area (Å²) in [5.41, 5.74) is 0.297. The smallest absolute Gasteiger partial charge is 0.358 e. The molecule has 0 aliphatic rings. The average molecular weight is 250 g/mol. The minimum atomic E-state index is -0.561. The lowest BCUT2D eigenvalue weighted by atomic mass is 10.2. The van der Waals surface area contributed by atoms with Gasteiger partial charge in [-0.05, 0) is 22.0 Å². The van der Waals surface area contributed by atoms with Crippen LogP contribution in [0.1, 0.15) is 18.9 Å². The zero-order valence-electron chi connectivity index (χ0n) is 9.17. The van der Waals surface area contributed by atoms with Crippen molar-refractivity contribution in [1.82, 2.24) is 4.98 Å². The van der Waals surface area contributed by atoms with Gasteiger partial charge >= 0.3 is 5.82 Å². The van der Waals surface area contributed by atoms with Crippen molar-refractivity contribution in [3.05, 3.63) is 34.0 Å². The average Bonchev–Trinajstić information content (AvgIpc) is 2.28. The zero-order valence-corrected chi connectivity index (χ0v) is 9.99. The fourth-order valence-electron chi connectivity index (χ4n) is 1.04. The number of hydrogen-bond donors (Lipinski definition) is 0. The van der Waals surface area contributed by atoms with Gasteiger partial charge < -0.3 is 10.1 Å². The van der Waals surface area contributed by atoms with E-state index in [2.05, 4.69) is 16.8 Å². The summed E-state index contributed by atoms with van der Waals surface area (Å²) >= 11 is 1.19. The lowest BCUT2D eigenvalue weighted by Gasteiger charge is -1.93. The topological polar surface area (TPSA) is 73.1 Å². The molecule has 0 aliphatic carbocycles. The molecule has 0 fully saturated rings. The molecule has 5 nitrogen and oxygen atoms in total. The van der Waals surface area contributed by atoms with Gasteiger partial charge in [0.1, 0.15) is 11.8 Å². The molecule has 0 radical (unpaired) electrons. The molecule has 0 spiro atoms. The summed E-state index contributed by atoms with van der Waals surface area (Å²) in [4.78, 5) is 24.3. The molecule has 6 heteroatoms. The number of nitro groups is 1. The highest BCUT2D eigenvalue weighted by Crippen LogP contribution is 2.12. The lowest BCUT2D eigenvalue weighted by molar-refractivity contribution is -0.389. The van der Waals surface area contributed by atoms with Crippen LogP contribution in [0.2, 0.25) is 0 Å². The predicted molar refractivity (Wildman–Crippen MR) is 65.5 cm³/mol. The largest absolute Gasteiger partial charge is 0.379 e. The standard InChI is InChI=1S/C11H10N2O3S/c1-9(14)17-8-3-2-5-10-6-4-7-12-11(10)13(15)16/h4,6-7H,3,8H2,1H3. The Hall–Kier alpha value is -1.87. The van der Waals surface area contributed by atoms with Crippen LogP contribution in [0, 0.1) is 22.0 Å². The van der Waals surface area contributed by atoms with Crippen LogP contribution in [-0.4, -0.2) is 20.8 Å². The van der Waals surface area contributed by atoms with Crippen LogP contribution in [0.15, 0.2) is 18.3 Å². The van der Waals surface area contributed by atoms with E-state index in [0.717, 1.165) is 0 Å². The molecule has 17 heavy (non-hydrogen) atoms. The minimum Gasteiger partial charge on any atom is -0.358 e. The monoisotopic (exact) mass is 250 g/mol. The Bertz CT molecular complexity index is 491. The maximum atomic E-state index is 10.6. The molecule has 0 atom stereocenters. The quantitative estimate of drug-likeness (QED) is 0.355. The van der Waals surface area contributed by atoms with Gasteiger partial charge in [0.25, 0.3) is 0 Å². The SMILES string of the molecule is CC(=O)SCCC#Cc1cccnc1[N+](=O)[O-]. The maximum absolute atomic E-state index is 10.6. The second-order valence-corrected chi connectivity index (χ2v) is 4.30. The van der Waals surface area contributed by atoms with Gasteiger partial charge in [-0.25, -0.2) is 0 Å². The van der Waals surface area contributed by atoms with Gasteiger partial charge in [-0.2, -0.15) is 0 Å². The van der Waals surface area contributed by atoms with Gasteiger partial charge in [-0.1, -0.05) is 23.6 Å². The molecule has 0 aliphatic heterocycles. The Morgan fingerprint density at radius 3 is 3.06 bits per heavy atom. The van der Waals surface area contributed by atoms with Crippen molar-refractivity contribution >= 4 is 22.7 Å². The van der Waals surface area contributed by atoms with Crippen molar-refractivity contribution in [2.24, 2.45) is 0 Å². The molecule has 0 unspecified atom stereocenters. The van der Waals surface area contributed by atoms with E-state index in [0.29, 0.717) is 17.7 Å². The van der Waals surface area contributed by atoms with Crippen molar-refractivity contribution < 1.29 is 9.72 Å². The van der Waals surface area contributed by atoms with Gasteiger partial charge in [-0.3, -0.25) is 4.79 Å². The van der Waals surface area contributed by atoms with E-state index in [4.69, 9.17) is 0 Å². The van der Waals surface area contributed by atoms with Crippen molar-refractivity contribution in [2.45, 2.75) is 13.3 Å². The van der Waals surface area contributed by atoms with Crippen LogP contribution in [-0.2, 0) is 4.79 Å². The van der Waals surface area contributed by atoms with Crippen LogP contribution >= 0.6 is 11.8 Å². The van der Waals surface area contributed by atoms with Crippen molar-refractivity contribution in [3.63, 3.8) is 0 Å². The fraction of sp³-hybridized carbons (Fsp3) is 0.273. The van der Waals surface area contributed by atoms with Crippen LogP contribution in [0.5, 0.6) is 0 Å². The first-order valence-corrected chi connectivity index (χ1v) is 5.81. The maximum Gasteiger partial charge on any atom is 0.379 e. The molecule has 0 saturated heterocycles. The number of hydrogen-bond acceptors (Lipinski definition) is 5. The van der Waals surface area contributed by atoms with Gasteiger partial charge in [0, 0.05) is 19.1 Å². The summed E-state index contributed by atoms with van der Waals surface area (Å²) in [6.07, 6.45) is 1.87. The summed E-state index contributed by atoms with van der Waals surface area (Å²) in [6.45, 7) is 1.49. The Morgan fingerprint density at radius 2 is 2.41 bits per heavy atom. The Kier molecular flexibility index (Phi) is 5.17. The second kappa shape index (κ2) is 6.66. The number of pyridine rings is 1. The third-order valence-electron chi connectivity index (χ3n) is 1.72. The van der Waals surface area contributed by atoms with Crippen LogP contribution in [0.25, 0.3) is 0 Å². The molecule has 0 N–H and O–H groups in total. The minimum absolute atomic E-state index is 0.0409. The third-order valence-corrected chi connectivity index (χ3v) is 2.53. The van der Waals surface area contributed by atoms with Gasteiger partial charge in [0.15, 0.2) is 5.12 Å². The highest BCUT2D eigenvalue weighted by molar-refractivity contribution is 8.13. The van der Waals surface area contributed by atoms with E-state index in [1.54, 1.807) is 12.1 Å².